The maximum absolute atomic E-state index is 12.5. The van der Waals surface area contributed by atoms with Crippen LogP contribution in [0.2, 0.25) is 0 Å². The van der Waals surface area contributed by atoms with Crippen LogP contribution in [0.25, 0.3) is 0 Å². The van der Waals surface area contributed by atoms with Crippen LogP contribution in [0.5, 0.6) is 5.75 Å². The van der Waals surface area contributed by atoms with Gasteiger partial charge >= 0.3 is 6.09 Å². The Balaban J connectivity index is 3.04. The van der Waals surface area contributed by atoms with Crippen molar-refractivity contribution in [1.82, 2.24) is 0 Å². The number of ketones is 1. The van der Waals surface area contributed by atoms with Crippen LogP contribution in [0.3, 0.4) is 0 Å². The molecule has 134 valence electrons. The number of hydrogen-bond donors (Lipinski definition) is 1. The first kappa shape index (κ1) is 20.0. The number of anilines is 1. The van der Waals surface area contributed by atoms with Crippen molar-refractivity contribution in [3.05, 3.63) is 23.8 Å². The van der Waals surface area contributed by atoms with E-state index < -0.39 is 17.1 Å². The van der Waals surface area contributed by atoms with Crippen LogP contribution in [0.1, 0.15) is 53.5 Å². The van der Waals surface area contributed by atoms with Crippen LogP contribution in [0, 0.1) is 5.41 Å². The van der Waals surface area contributed by atoms with Crippen molar-refractivity contribution in [2.45, 2.75) is 60.0 Å². The molecule has 0 aliphatic rings. The zero-order valence-corrected chi connectivity index (χ0v) is 15.8. The van der Waals surface area contributed by atoms with Crippen molar-refractivity contribution in [2.75, 3.05) is 12.4 Å². The number of amides is 1. The molecule has 0 saturated carbocycles. The Morgan fingerprint density at radius 3 is 2.25 bits per heavy atom. The first-order valence-electron chi connectivity index (χ1n) is 8.18. The number of nitrogens with one attached hydrogen (secondary N) is 1. The third-order valence-electron chi connectivity index (χ3n) is 3.94. The van der Waals surface area contributed by atoms with E-state index in [9.17, 15) is 9.59 Å². The summed E-state index contributed by atoms with van der Waals surface area (Å²) >= 11 is 0. The molecule has 0 radical (unpaired) electrons. The zero-order chi connectivity index (χ0) is 18.5. The van der Waals surface area contributed by atoms with Gasteiger partial charge in [-0.25, -0.2) is 4.79 Å². The van der Waals surface area contributed by atoms with Crippen LogP contribution >= 0.6 is 0 Å². The summed E-state index contributed by atoms with van der Waals surface area (Å²) < 4.78 is 10.5. The molecule has 0 spiro atoms. The van der Waals surface area contributed by atoms with Crippen LogP contribution in [-0.4, -0.2) is 24.6 Å². The molecule has 5 heteroatoms. The zero-order valence-electron chi connectivity index (χ0n) is 15.8. The van der Waals surface area contributed by atoms with E-state index in [4.69, 9.17) is 9.47 Å². The summed E-state index contributed by atoms with van der Waals surface area (Å²) in [5.41, 5.74) is 0.281. The predicted molar refractivity (Wildman–Crippen MR) is 95.6 cm³/mol. The molecule has 0 aliphatic heterocycles. The normalized spacial score (nSPS) is 11.8. The van der Waals surface area contributed by atoms with Crippen molar-refractivity contribution in [1.29, 1.82) is 0 Å². The van der Waals surface area contributed by atoms with Gasteiger partial charge in [-0.3, -0.25) is 10.1 Å². The molecule has 0 heterocycles. The fraction of sp³-hybridized carbons (Fsp3) is 0.579. The van der Waals surface area contributed by atoms with E-state index in [1.165, 1.54) is 0 Å². The van der Waals surface area contributed by atoms with Crippen LogP contribution in [0.15, 0.2) is 18.2 Å². The van der Waals surface area contributed by atoms with E-state index in [0.29, 0.717) is 11.4 Å². The topological polar surface area (TPSA) is 64.6 Å². The van der Waals surface area contributed by atoms with E-state index in [1.54, 1.807) is 46.1 Å². The van der Waals surface area contributed by atoms with Gasteiger partial charge in [-0.05, 0) is 38.8 Å². The van der Waals surface area contributed by atoms with Gasteiger partial charge in [-0.2, -0.15) is 0 Å². The minimum absolute atomic E-state index is 0.127. The Morgan fingerprint density at radius 2 is 1.75 bits per heavy atom. The molecule has 0 aromatic heterocycles. The fourth-order valence-corrected chi connectivity index (χ4v) is 1.98. The molecular formula is C19H29NO4. The van der Waals surface area contributed by atoms with Gasteiger partial charge in [0.2, 0.25) is 0 Å². The standard InChI is InChI=1S/C19H29NO4/c1-8-19(5,6)16(21)11-13-9-10-14(23-7)12-15(13)20-17(22)24-18(2,3)4/h9-10,12H,8,11H2,1-7H3,(H,20,22). The second-order valence-corrected chi connectivity index (χ2v) is 7.49. The molecule has 1 N–H and O–H groups in total. The average Bonchev–Trinajstić information content (AvgIpc) is 2.46. The van der Waals surface area contributed by atoms with Gasteiger partial charge in [-0.1, -0.05) is 26.8 Å². The summed E-state index contributed by atoms with van der Waals surface area (Å²) in [6.45, 7) is 11.2. The summed E-state index contributed by atoms with van der Waals surface area (Å²) in [6, 6.07) is 5.28. The lowest BCUT2D eigenvalue weighted by atomic mass is 9.82. The largest absolute Gasteiger partial charge is 0.497 e. The predicted octanol–water partition coefficient (Wildman–Crippen LogP) is 4.59. The highest BCUT2D eigenvalue weighted by Crippen LogP contribution is 2.28. The maximum Gasteiger partial charge on any atom is 0.412 e. The molecule has 5 nitrogen and oxygen atoms in total. The van der Waals surface area contributed by atoms with Crippen molar-refractivity contribution < 1.29 is 19.1 Å². The lowest BCUT2D eigenvalue weighted by Gasteiger charge is -2.23. The number of carbonyl (C=O) groups is 2. The van der Waals surface area contributed by atoms with Gasteiger partial charge in [0.1, 0.15) is 17.1 Å². The van der Waals surface area contributed by atoms with Crippen LogP contribution in [-0.2, 0) is 16.0 Å². The van der Waals surface area contributed by atoms with Crippen LogP contribution < -0.4 is 10.1 Å². The summed E-state index contributed by atoms with van der Waals surface area (Å²) in [6.07, 6.45) is 0.450. The molecule has 1 rings (SSSR count). The number of methoxy groups -OCH3 is 1. The summed E-state index contributed by atoms with van der Waals surface area (Å²) in [4.78, 5) is 24.6. The van der Waals surface area contributed by atoms with Crippen molar-refractivity contribution >= 4 is 17.6 Å². The van der Waals surface area contributed by atoms with E-state index in [1.807, 2.05) is 20.8 Å². The second-order valence-electron chi connectivity index (χ2n) is 7.49. The van der Waals surface area contributed by atoms with Crippen LogP contribution in [0.4, 0.5) is 10.5 Å². The van der Waals surface area contributed by atoms with Gasteiger partial charge in [0.05, 0.1) is 12.8 Å². The number of ether oxygens (including phenoxy) is 2. The number of carbonyl (C=O) groups excluding carboxylic acids is 2. The van der Waals surface area contributed by atoms with E-state index in [2.05, 4.69) is 5.32 Å². The molecule has 24 heavy (non-hydrogen) atoms. The lowest BCUT2D eigenvalue weighted by molar-refractivity contribution is -0.126. The van der Waals surface area contributed by atoms with E-state index >= 15 is 0 Å². The fourth-order valence-electron chi connectivity index (χ4n) is 1.98. The summed E-state index contributed by atoms with van der Waals surface area (Å²) in [7, 11) is 1.55. The maximum atomic E-state index is 12.5. The minimum atomic E-state index is -0.594. The van der Waals surface area contributed by atoms with Crippen molar-refractivity contribution in [3.8, 4) is 5.75 Å². The highest BCUT2D eigenvalue weighted by molar-refractivity contribution is 5.91. The third-order valence-corrected chi connectivity index (χ3v) is 3.94. The first-order valence-corrected chi connectivity index (χ1v) is 8.18. The Morgan fingerprint density at radius 1 is 1.12 bits per heavy atom. The number of rotatable bonds is 6. The molecule has 1 aromatic carbocycles. The van der Waals surface area contributed by atoms with Crippen molar-refractivity contribution in [2.24, 2.45) is 5.41 Å². The van der Waals surface area contributed by atoms with E-state index in [-0.39, 0.29) is 12.2 Å². The SMILES string of the molecule is CCC(C)(C)C(=O)Cc1ccc(OC)cc1NC(=O)OC(C)(C)C. The van der Waals surface area contributed by atoms with Crippen molar-refractivity contribution in [3.63, 3.8) is 0 Å². The van der Waals surface area contributed by atoms with Gasteiger partial charge < -0.3 is 9.47 Å². The molecule has 1 aromatic rings. The second kappa shape index (κ2) is 7.69. The minimum Gasteiger partial charge on any atom is -0.497 e. The lowest BCUT2D eigenvalue weighted by Crippen LogP contribution is -2.28. The highest BCUT2D eigenvalue weighted by Gasteiger charge is 2.26. The van der Waals surface area contributed by atoms with E-state index in [0.717, 1.165) is 12.0 Å². The first-order chi connectivity index (χ1) is 11.0. The Bertz CT molecular complexity index is 600. The summed E-state index contributed by atoms with van der Waals surface area (Å²) in [5, 5.41) is 2.72. The molecule has 0 atom stereocenters. The molecule has 0 aliphatic carbocycles. The molecule has 1 amide bonds. The smallest absolute Gasteiger partial charge is 0.412 e. The number of hydrogen-bond acceptors (Lipinski definition) is 4. The summed E-state index contributed by atoms with van der Waals surface area (Å²) in [5.74, 6) is 0.731. The number of benzene rings is 1. The van der Waals surface area contributed by atoms with Gasteiger partial charge in [-0.15, -0.1) is 0 Å². The monoisotopic (exact) mass is 335 g/mol. The molecule has 0 saturated heterocycles. The van der Waals surface area contributed by atoms with Gasteiger partial charge in [0, 0.05) is 17.9 Å². The number of Topliss-reactive ketones (excluding diaryl/α,β-unsaturated/α-hetero) is 1. The van der Waals surface area contributed by atoms with Gasteiger partial charge in [0.25, 0.3) is 0 Å². The Hall–Kier alpha value is -2.04. The molecule has 0 unspecified atom stereocenters. The third kappa shape index (κ3) is 5.87. The molecular weight excluding hydrogens is 306 g/mol. The highest BCUT2D eigenvalue weighted by atomic mass is 16.6. The quantitative estimate of drug-likeness (QED) is 0.826. The Kier molecular flexibility index (Phi) is 6.41. The average molecular weight is 335 g/mol. The molecule has 0 fully saturated rings. The Labute approximate surface area is 144 Å². The molecule has 0 bridgehead atoms. The van der Waals surface area contributed by atoms with Gasteiger partial charge in [0.15, 0.2) is 0 Å².